The van der Waals surface area contributed by atoms with Crippen molar-refractivity contribution in [3.63, 3.8) is 0 Å². The topological polar surface area (TPSA) is 12.0 Å². The molecule has 0 spiro atoms. The Hall–Kier alpha value is -0.206. The minimum atomic E-state index is -2.61. The molecular weight excluding hydrogens is 397 g/mol. The zero-order chi connectivity index (χ0) is 18.5. The van der Waals surface area contributed by atoms with Crippen LogP contribution in [0, 0.1) is 0 Å². The Bertz CT molecular complexity index is 603. The van der Waals surface area contributed by atoms with Crippen molar-refractivity contribution in [3.05, 3.63) is 51.4 Å². The van der Waals surface area contributed by atoms with Crippen LogP contribution < -0.4 is 5.32 Å². The van der Waals surface area contributed by atoms with Crippen LogP contribution in [0.4, 0.5) is 5.69 Å². The molecule has 2 rings (SSSR count). The van der Waals surface area contributed by atoms with Gasteiger partial charge in [0, 0.05) is 12.2 Å². The number of anilines is 1. The minimum absolute atomic E-state index is 0. The maximum atomic E-state index is 3.45. The second-order valence-corrected chi connectivity index (χ2v) is 31.3. The van der Waals surface area contributed by atoms with Crippen molar-refractivity contribution in [1.29, 1.82) is 0 Å². The van der Waals surface area contributed by atoms with Crippen LogP contribution in [0.2, 0.25) is 26.1 Å². The molecule has 26 heavy (non-hydrogen) atoms. The van der Waals surface area contributed by atoms with Gasteiger partial charge in [0.1, 0.15) is 0 Å². The van der Waals surface area contributed by atoms with Crippen molar-refractivity contribution in [2.75, 3.05) is 11.9 Å². The monoisotopic (exact) mass is 437 g/mol. The van der Waals surface area contributed by atoms with Gasteiger partial charge < -0.3 is 5.32 Å². The number of rotatable bonds is 5. The van der Waals surface area contributed by atoms with Crippen molar-refractivity contribution in [1.82, 2.24) is 0 Å². The first kappa shape index (κ1) is 28.0. The molecule has 0 radical (unpaired) electrons. The summed E-state index contributed by atoms with van der Waals surface area (Å²) in [6.07, 6.45) is 10.2. The molecule has 4 heteroatoms. The average molecular weight is 438 g/mol. The van der Waals surface area contributed by atoms with Gasteiger partial charge in [0.25, 0.3) is 0 Å². The van der Waals surface area contributed by atoms with Crippen molar-refractivity contribution in [2.24, 2.45) is 0 Å². The van der Waals surface area contributed by atoms with Gasteiger partial charge in [0.2, 0.25) is 0 Å². The van der Waals surface area contributed by atoms with Crippen molar-refractivity contribution in [2.45, 2.75) is 66.2 Å². The summed E-state index contributed by atoms with van der Waals surface area (Å²) in [6, 6.07) is 6.56. The molecule has 0 saturated heterocycles. The molecular formula is C22H41Cl2NTi. The first-order chi connectivity index (χ1) is 10.9. The molecule has 1 nitrogen and oxygen atoms in total. The number of allylic oxidation sites excluding steroid dienone is 4. The molecule has 0 amide bonds. The third kappa shape index (κ3) is 8.66. The molecule has 0 aromatic heterocycles. The first-order valence-corrected chi connectivity index (χ1v) is 18.2. The van der Waals surface area contributed by atoms with E-state index in [-0.39, 0.29) is 24.8 Å². The molecule has 0 unspecified atom stereocenters. The summed E-state index contributed by atoms with van der Waals surface area (Å²) in [5.74, 6) is 0. The number of halogens is 2. The summed E-state index contributed by atoms with van der Waals surface area (Å²) in [5, 5.41) is 15.9. The molecule has 0 saturated carbocycles. The van der Waals surface area contributed by atoms with Gasteiger partial charge in [0.15, 0.2) is 0 Å². The molecule has 1 aromatic carbocycles. The Kier molecular flexibility index (Phi) is 10.6. The van der Waals surface area contributed by atoms with Crippen LogP contribution in [0.1, 0.15) is 38.3 Å². The average Bonchev–Trinajstić information content (AvgIpc) is 3.02. The van der Waals surface area contributed by atoms with Gasteiger partial charge in [-0.1, -0.05) is 32.0 Å². The summed E-state index contributed by atoms with van der Waals surface area (Å²) in [4.78, 5) is 0. The molecule has 1 aromatic rings. The molecule has 152 valence electrons. The second-order valence-electron chi connectivity index (χ2n) is 10.8. The predicted molar refractivity (Wildman–Crippen MR) is 125 cm³/mol. The normalized spacial score (nSPS) is 15.3. The Morgan fingerprint density at radius 1 is 0.885 bits per heavy atom. The zero-order valence-electron chi connectivity index (χ0n) is 18.1. The number of para-hydroxylation sites is 1. The number of hydrogen-bond acceptors (Lipinski definition) is 1. The molecule has 0 atom stereocenters. The van der Waals surface area contributed by atoms with Gasteiger partial charge in [-0.15, -0.1) is 24.8 Å². The SMILES string of the molecule is CCNc1c(CC)cccc1CC.Cl.Cl.[CH3][Ti]([CH3])([CH3])([CH3])([CH3])[C]1=CC=CC1. The molecule has 1 aliphatic rings. The van der Waals surface area contributed by atoms with Crippen LogP contribution in [0.3, 0.4) is 0 Å². The third-order valence-electron chi connectivity index (χ3n) is 4.73. The van der Waals surface area contributed by atoms with Crippen LogP contribution in [0.25, 0.3) is 0 Å². The van der Waals surface area contributed by atoms with E-state index in [1.807, 2.05) is 0 Å². The summed E-state index contributed by atoms with van der Waals surface area (Å²) < 4.78 is 1.70. The van der Waals surface area contributed by atoms with E-state index in [1.54, 1.807) is 3.88 Å². The van der Waals surface area contributed by atoms with Crippen molar-refractivity contribution >= 4 is 30.5 Å². The fourth-order valence-corrected chi connectivity index (χ4v) is 6.25. The van der Waals surface area contributed by atoms with Gasteiger partial charge in [-0.25, -0.2) is 0 Å². The van der Waals surface area contributed by atoms with Gasteiger partial charge in [-0.05, 0) is 30.9 Å². The van der Waals surface area contributed by atoms with E-state index in [1.165, 1.54) is 23.2 Å². The van der Waals surface area contributed by atoms with Gasteiger partial charge >= 0.3 is 68.7 Å². The van der Waals surface area contributed by atoms with Gasteiger partial charge in [-0.2, -0.15) is 0 Å². The standard InChI is InChI=1S/C12H19N.C5H5.5CH3.2ClH.Ti/c1-4-10-8-7-9-11(5-2)12(10)13-6-3;1-2-4-5-3-1;;;;;;;;/h7-9,13H,4-6H2,1-3H3;1-3H,4H2;5*1H3;2*1H;. The van der Waals surface area contributed by atoms with E-state index in [9.17, 15) is 0 Å². The quantitative estimate of drug-likeness (QED) is 0.455. The Balaban J connectivity index is 0. The van der Waals surface area contributed by atoms with E-state index in [4.69, 9.17) is 0 Å². The summed E-state index contributed by atoms with van der Waals surface area (Å²) in [5.41, 5.74) is 4.22. The summed E-state index contributed by atoms with van der Waals surface area (Å²) >= 11 is -2.61. The fourth-order valence-electron chi connectivity index (χ4n) is 3.02. The van der Waals surface area contributed by atoms with Crippen LogP contribution in [-0.4, -0.2) is 6.54 Å². The zero-order valence-corrected chi connectivity index (χ0v) is 21.3. The number of aryl methyl sites for hydroxylation is 2. The van der Waals surface area contributed by atoms with Gasteiger partial charge in [-0.3, -0.25) is 0 Å². The maximum absolute atomic E-state index is 3.45. The second kappa shape index (κ2) is 9.83. The first-order valence-electron chi connectivity index (χ1n) is 9.64. The Labute approximate surface area is 173 Å². The van der Waals surface area contributed by atoms with E-state index >= 15 is 0 Å². The van der Waals surface area contributed by atoms with Gasteiger partial charge in [0.05, 0.1) is 0 Å². The van der Waals surface area contributed by atoms with E-state index in [0.29, 0.717) is 0 Å². The van der Waals surface area contributed by atoms with Crippen LogP contribution >= 0.6 is 24.8 Å². The Morgan fingerprint density at radius 3 is 1.65 bits per heavy atom. The summed E-state index contributed by atoms with van der Waals surface area (Å²) in [6.45, 7) is 7.56. The van der Waals surface area contributed by atoms with Crippen molar-refractivity contribution in [3.8, 4) is 0 Å². The molecule has 0 heterocycles. The summed E-state index contributed by atoms with van der Waals surface area (Å²) in [7, 11) is 0. The third-order valence-corrected chi connectivity index (χ3v) is 10.3. The Morgan fingerprint density at radius 2 is 1.38 bits per heavy atom. The molecule has 0 bridgehead atoms. The number of benzene rings is 1. The molecule has 1 aliphatic carbocycles. The molecule has 1 N–H and O–H groups in total. The van der Waals surface area contributed by atoms with Crippen LogP contribution in [-0.2, 0) is 26.9 Å². The van der Waals surface area contributed by atoms with Crippen molar-refractivity contribution < 1.29 is 14.0 Å². The molecule has 0 fully saturated rings. The fraction of sp³-hybridized carbons (Fsp3) is 0.545. The molecule has 0 aliphatic heterocycles. The van der Waals surface area contributed by atoms with Crippen LogP contribution in [0.5, 0.6) is 0 Å². The number of nitrogens with one attached hydrogen (secondary N) is 1. The predicted octanol–water partition coefficient (Wildman–Crippen LogP) is 8.38. The van der Waals surface area contributed by atoms with E-state index in [2.05, 4.69) is 88.7 Å². The van der Waals surface area contributed by atoms with E-state index < -0.39 is 14.0 Å². The van der Waals surface area contributed by atoms with Crippen LogP contribution in [0.15, 0.2) is 40.3 Å². The van der Waals surface area contributed by atoms with E-state index in [0.717, 1.165) is 19.4 Å². The number of hydrogen-bond donors (Lipinski definition) is 1.